The number of carbonyl (C=O) groups is 2. The average molecular weight is 667 g/mol. The van der Waals surface area contributed by atoms with Gasteiger partial charge in [0.25, 0.3) is 0 Å². The van der Waals surface area contributed by atoms with E-state index >= 15 is 0 Å². The molecule has 5 aliphatic carbocycles. The summed E-state index contributed by atoms with van der Waals surface area (Å²) >= 11 is 0. The number of fused-ring (bicyclic) bond motifs is 3. The van der Waals surface area contributed by atoms with Gasteiger partial charge in [0, 0.05) is 29.9 Å². The van der Waals surface area contributed by atoms with E-state index in [1.165, 1.54) is 24.0 Å². The lowest BCUT2D eigenvalue weighted by Crippen LogP contribution is -2.54. The van der Waals surface area contributed by atoms with Gasteiger partial charge in [0.05, 0.1) is 38.5 Å². The number of rotatable bonds is 9. The second-order valence-corrected chi connectivity index (χ2v) is 15.8. The van der Waals surface area contributed by atoms with Gasteiger partial charge in [-0.05, 0) is 130 Å². The van der Waals surface area contributed by atoms with Crippen molar-refractivity contribution in [3.05, 3.63) is 66.0 Å². The molecule has 260 valence electrons. The lowest BCUT2D eigenvalue weighted by molar-refractivity contribution is -0.124. The largest absolute Gasteiger partial charge is 0.496 e. The van der Waals surface area contributed by atoms with Crippen LogP contribution in [0.25, 0.3) is 11.1 Å². The lowest BCUT2D eigenvalue weighted by Gasteiger charge is -2.55. The average Bonchev–Trinajstić information content (AvgIpc) is 3.85. The fraction of sp³-hybridized carbons (Fsp3) is 0.575. The number of methoxy groups -OCH3 is 1. The number of likely N-dealkylation sites (tertiary alicyclic amines) is 1. The Morgan fingerprint density at radius 3 is 2.33 bits per heavy atom. The number of aromatic nitrogens is 2. The first-order valence-corrected chi connectivity index (χ1v) is 18.5. The Hall–Kier alpha value is -3.85. The summed E-state index contributed by atoms with van der Waals surface area (Å²) in [6, 6.07) is 15.8. The lowest BCUT2D eigenvalue weighted by atomic mass is 9.51. The molecule has 1 aliphatic heterocycles. The molecule has 0 spiro atoms. The van der Waals surface area contributed by atoms with E-state index in [4.69, 9.17) is 9.47 Å². The van der Waals surface area contributed by atoms with Gasteiger partial charge >= 0.3 is 6.09 Å². The number of nitrogens with zero attached hydrogens (tertiary/aromatic N) is 4. The van der Waals surface area contributed by atoms with Crippen molar-refractivity contribution in [2.75, 3.05) is 31.6 Å². The Morgan fingerprint density at radius 1 is 0.939 bits per heavy atom. The molecule has 0 atom stereocenters. The third-order valence-corrected chi connectivity index (χ3v) is 12.6. The van der Waals surface area contributed by atoms with Crippen molar-refractivity contribution in [2.24, 2.45) is 11.3 Å². The van der Waals surface area contributed by atoms with Gasteiger partial charge in [-0.1, -0.05) is 24.3 Å². The van der Waals surface area contributed by atoms with E-state index in [1.54, 1.807) is 12.0 Å². The molecule has 49 heavy (non-hydrogen) atoms. The van der Waals surface area contributed by atoms with Gasteiger partial charge in [0.2, 0.25) is 5.91 Å². The molecule has 2 bridgehead atoms. The number of hydrogen-bond donors (Lipinski definition) is 1. The van der Waals surface area contributed by atoms with Crippen LogP contribution in [0.15, 0.2) is 54.9 Å². The van der Waals surface area contributed by atoms with Crippen LogP contribution in [0.5, 0.6) is 5.75 Å². The van der Waals surface area contributed by atoms with Gasteiger partial charge in [-0.25, -0.2) is 4.79 Å². The molecule has 9 rings (SSSR count). The van der Waals surface area contributed by atoms with Crippen LogP contribution in [0.1, 0.15) is 94.2 Å². The van der Waals surface area contributed by atoms with E-state index in [0.29, 0.717) is 44.8 Å². The molecule has 1 N–H and O–H groups in total. The van der Waals surface area contributed by atoms with Crippen LogP contribution in [0, 0.1) is 18.3 Å². The molecule has 5 saturated carbocycles. The topological polar surface area (TPSA) is 97.1 Å². The summed E-state index contributed by atoms with van der Waals surface area (Å²) in [5.74, 6) is 1.04. The highest BCUT2D eigenvalue weighted by Crippen LogP contribution is 2.58. The van der Waals surface area contributed by atoms with E-state index in [0.717, 1.165) is 67.6 Å². The number of benzene rings is 2. The molecule has 6 fully saturated rings. The molecular weight excluding hydrogens is 616 g/mol. The Kier molecular flexibility index (Phi) is 8.45. The Balaban J connectivity index is 1.01. The first-order valence-electron chi connectivity index (χ1n) is 18.5. The molecule has 2 aromatic carbocycles. The molecular formula is C40H50N4O5. The molecule has 1 saturated heterocycles. The van der Waals surface area contributed by atoms with Crippen LogP contribution in [0.3, 0.4) is 0 Å². The first-order chi connectivity index (χ1) is 23.7. The Labute approximate surface area is 289 Å². The number of aryl methyl sites for hydroxylation is 1. The molecule has 1 aromatic heterocycles. The summed E-state index contributed by atoms with van der Waals surface area (Å²) in [4.78, 5) is 30.8. The standard InChI is InChI=1S/C40H50N4O5/c1-27-20-31(8-13-36(27)48-2)40-17-14-39(15-18-40,16-19-40)26-43(33-5-3-4-29(21-33)30-22-41-44(23-30)32-9-10-32)37(46)28-6-11-35(12-7-28)49-38(47)42-24-34(45)25-42/h3-5,8,13,20-23,28,32,34-35,45H,6-7,9-12,14-19,24-26H2,1-2H3/t28-,35-,39?,40?. The number of hydrogen-bond acceptors (Lipinski definition) is 6. The number of anilines is 1. The summed E-state index contributed by atoms with van der Waals surface area (Å²) in [5, 5.41) is 14.2. The number of aliphatic hydroxyl groups is 1. The fourth-order valence-electron chi connectivity index (χ4n) is 9.12. The zero-order chi connectivity index (χ0) is 33.8. The SMILES string of the molecule is COc1ccc(C23CCC(CN(c4cccc(-c5cnn(C6CC6)c5)c4)C(=O)[C@H]4CC[C@H](OC(=O)N5CC(O)C5)CC4)(CC2)CC3)cc1C. The molecule has 2 heterocycles. The van der Waals surface area contributed by atoms with Crippen LogP contribution >= 0.6 is 0 Å². The van der Waals surface area contributed by atoms with Gasteiger partial charge in [-0.15, -0.1) is 0 Å². The van der Waals surface area contributed by atoms with Crippen molar-refractivity contribution >= 4 is 17.7 Å². The molecule has 2 amide bonds. The number of carbonyl (C=O) groups excluding carboxylic acids is 2. The highest BCUT2D eigenvalue weighted by molar-refractivity contribution is 5.96. The smallest absolute Gasteiger partial charge is 0.410 e. The van der Waals surface area contributed by atoms with Gasteiger partial charge in [-0.2, -0.15) is 5.10 Å². The maximum Gasteiger partial charge on any atom is 0.410 e. The quantitative estimate of drug-likeness (QED) is 0.260. The van der Waals surface area contributed by atoms with E-state index < -0.39 is 6.10 Å². The number of amides is 2. The van der Waals surface area contributed by atoms with E-state index in [9.17, 15) is 14.7 Å². The Morgan fingerprint density at radius 2 is 1.67 bits per heavy atom. The number of aliphatic hydroxyl groups excluding tert-OH is 1. The van der Waals surface area contributed by atoms with Gasteiger partial charge in [-0.3, -0.25) is 9.48 Å². The normalized spacial score (nSPS) is 28.2. The second-order valence-electron chi connectivity index (χ2n) is 15.8. The van der Waals surface area contributed by atoms with Gasteiger partial charge in [0.1, 0.15) is 11.9 Å². The molecule has 9 heteroatoms. The summed E-state index contributed by atoms with van der Waals surface area (Å²) in [7, 11) is 1.74. The summed E-state index contributed by atoms with van der Waals surface area (Å²) in [6.07, 6.45) is 15.0. The fourth-order valence-corrected chi connectivity index (χ4v) is 9.12. The summed E-state index contributed by atoms with van der Waals surface area (Å²) in [5.41, 5.74) is 6.08. The van der Waals surface area contributed by atoms with Crippen LogP contribution in [-0.4, -0.2) is 70.7 Å². The van der Waals surface area contributed by atoms with E-state index in [2.05, 4.69) is 70.3 Å². The number of ether oxygens (including phenoxy) is 2. The minimum atomic E-state index is -0.448. The van der Waals surface area contributed by atoms with E-state index in [-0.39, 0.29) is 34.9 Å². The van der Waals surface area contributed by atoms with Crippen LogP contribution in [-0.2, 0) is 14.9 Å². The first kappa shape index (κ1) is 32.4. The highest BCUT2D eigenvalue weighted by atomic mass is 16.6. The highest BCUT2D eigenvalue weighted by Gasteiger charge is 2.51. The van der Waals surface area contributed by atoms with E-state index in [1.807, 2.05) is 6.20 Å². The maximum absolute atomic E-state index is 14.7. The summed E-state index contributed by atoms with van der Waals surface area (Å²) < 4.78 is 13.4. The molecule has 9 nitrogen and oxygen atoms in total. The zero-order valence-electron chi connectivity index (χ0n) is 29.0. The minimum Gasteiger partial charge on any atom is -0.496 e. The Bertz CT molecular complexity index is 1680. The van der Waals surface area contributed by atoms with Gasteiger partial charge in [0.15, 0.2) is 0 Å². The van der Waals surface area contributed by atoms with Crippen molar-refractivity contribution in [2.45, 2.75) is 108 Å². The van der Waals surface area contributed by atoms with Crippen molar-refractivity contribution in [1.29, 1.82) is 0 Å². The summed E-state index contributed by atoms with van der Waals surface area (Å²) in [6.45, 7) is 3.55. The van der Waals surface area contributed by atoms with Crippen molar-refractivity contribution in [3.63, 3.8) is 0 Å². The maximum atomic E-state index is 14.7. The number of β-amino-alcohol motifs (C(OH)–C–C–N with tert-alkyl or cyclic N) is 1. The third-order valence-electron chi connectivity index (χ3n) is 12.6. The molecule has 0 unspecified atom stereocenters. The van der Waals surface area contributed by atoms with Crippen molar-refractivity contribution in [3.8, 4) is 16.9 Å². The molecule has 0 radical (unpaired) electrons. The van der Waals surface area contributed by atoms with Gasteiger partial charge < -0.3 is 24.4 Å². The van der Waals surface area contributed by atoms with Crippen LogP contribution < -0.4 is 9.64 Å². The second kappa shape index (κ2) is 12.8. The van der Waals surface area contributed by atoms with Crippen LogP contribution in [0.4, 0.5) is 10.5 Å². The third kappa shape index (κ3) is 6.35. The van der Waals surface area contributed by atoms with Crippen LogP contribution in [0.2, 0.25) is 0 Å². The van der Waals surface area contributed by atoms with Crippen molar-refractivity contribution in [1.82, 2.24) is 14.7 Å². The minimum absolute atomic E-state index is 0.0975. The zero-order valence-corrected chi connectivity index (χ0v) is 29.0. The molecule has 3 aromatic rings. The predicted octanol–water partition coefficient (Wildman–Crippen LogP) is 7.20. The predicted molar refractivity (Wildman–Crippen MR) is 188 cm³/mol. The van der Waals surface area contributed by atoms with Crippen molar-refractivity contribution < 1.29 is 24.2 Å². The monoisotopic (exact) mass is 666 g/mol. The molecule has 6 aliphatic rings.